The van der Waals surface area contributed by atoms with E-state index in [1.807, 2.05) is 0 Å². The third-order valence-corrected chi connectivity index (χ3v) is 4.17. The number of hydrogen-bond acceptors (Lipinski definition) is 5. The van der Waals surface area contributed by atoms with Crippen molar-refractivity contribution in [2.75, 3.05) is 13.2 Å². The molecule has 0 N–H and O–H groups in total. The van der Waals surface area contributed by atoms with E-state index in [1.165, 1.54) is 24.3 Å². The maximum Gasteiger partial charge on any atom is 0.282 e. The second kappa shape index (κ2) is 6.70. The number of benzene rings is 2. The van der Waals surface area contributed by atoms with E-state index in [2.05, 4.69) is 0 Å². The molecule has 1 aliphatic heterocycles. The highest BCUT2D eigenvalue weighted by molar-refractivity contribution is 6.35. The third-order valence-electron chi connectivity index (χ3n) is 3.64. The van der Waals surface area contributed by atoms with Crippen LogP contribution in [0.25, 0.3) is 0 Å². The van der Waals surface area contributed by atoms with Crippen LogP contribution in [0.5, 0.6) is 5.75 Å². The number of nitrogens with zero attached hydrogens (tertiary/aromatic N) is 2. The van der Waals surface area contributed by atoms with Crippen LogP contribution in [0, 0.1) is 10.1 Å². The molecule has 7 nitrogen and oxygen atoms in total. The van der Waals surface area contributed by atoms with Crippen LogP contribution >= 0.6 is 23.2 Å². The fourth-order valence-electron chi connectivity index (χ4n) is 2.51. The minimum absolute atomic E-state index is 0.0133. The fourth-order valence-corrected chi connectivity index (χ4v) is 2.97. The second-order valence-corrected chi connectivity index (χ2v) is 5.99. The van der Waals surface area contributed by atoms with Crippen LogP contribution in [0.2, 0.25) is 10.0 Å². The average Bonchev–Trinajstić information content (AvgIpc) is 2.81. The summed E-state index contributed by atoms with van der Waals surface area (Å²) in [5, 5.41) is 11.8. The lowest BCUT2D eigenvalue weighted by atomic mass is 10.1. The van der Waals surface area contributed by atoms with Crippen LogP contribution in [-0.4, -0.2) is 34.8 Å². The Balaban J connectivity index is 1.74. The molecule has 3 rings (SSSR count). The van der Waals surface area contributed by atoms with Gasteiger partial charge in [-0.3, -0.25) is 24.6 Å². The first-order chi connectivity index (χ1) is 11.9. The number of imide groups is 1. The van der Waals surface area contributed by atoms with Crippen LogP contribution in [0.3, 0.4) is 0 Å². The van der Waals surface area contributed by atoms with Crippen molar-refractivity contribution in [2.24, 2.45) is 0 Å². The minimum atomic E-state index is -0.710. The van der Waals surface area contributed by atoms with Crippen molar-refractivity contribution < 1.29 is 19.2 Å². The smallest absolute Gasteiger partial charge is 0.282 e. The topological polar surface area (TPSA) is 89.8 Å². The molecule has 128 valence electrons. The number of hydrogen-bond donors (Lipinski definition) is 0. The third kappa shape index (κ3) is 3.16. The van der Waals surface area contributed by atoms with E-state index in [0.29, 0.717) is 15.8 Å². The molecule has 0 saturated carbocycles. The molecule has 0 aromatic heterocycles. The van der Waals surface area contributed by atoms with Crippen molar-refractivity contribution in [3.63, 3.8) is 0 Å². The Bertz CT molecular complexity index is 900. The Labute approximate surface area is 151 Å². The van der Waals surface area contributed by atoms with Crippen molar-refractivity contribution in [1.82, 2.24) is 4.90 Å². The van der Waals surface area contributed by atoms with Crippen LogP contribution in [0.1, 0.15) is 20.7 Å². The molecule has 0 atom stereocenters. The summed E-state index contributed by atoms with van der Waals surface area (Å²) in [5.74, 6) is -0.943. The van der Waals surface area contributed by atoms with Gasteiger partial charge in [-0.2, -0.15) is 0 Å². The Kier molecular flexibility index (Phi) is 4.61. The number of nitro benzene ring substituents is 1. The largest absolute Gasteiger partial charge is 0.490 e. The molecule has 0 bridgehead atoms. The number of ether oxygens (including phenoxy) is 1. The highest BCUT2D eigenvalue weighted by Gasteiger charge is 2.40. The van der Waals surface area contributed by atoms with Gasteiger partial charge < -0.3 is 4.74 Å². The molecule has 0 aliphatic carbocycles. The number of amides is 2. The molecule has 0 radical (unpaired) electrons. The predicted molar refractivity (Wildman–Crippen MR) is 90.4 cm³/mol. The summed E-state index contributed by atoms with van der Waals surface area (Å²) in [7, 11) is 0. The van der Waals surface area contributed by atoms with Crippen molar-refractivity contribution in [2.45, 2.75) is 0 Å². The molecule has 1 aliphatic rings. The number of halogens is 2. The summed E-state index contributed by atoms with van der Waals surface area (Å²) < 4.78 is 5.46. The first-order valence-corrected chi connectivity index (χ1v) is 7.87. The van der Waals surface area contributed by atoms with Gasteiger partial charge in [-0.05, 0) is 24.3 Å². The van der Waals surface area contributed by atoms with Crippen molar-refractivity contribution in [1.29, 1.82) is 0 Å². The lowest BCUT2D eigenvalue weighted by molar-refractivity contribution is -0.385. The standard InChI is InChI=1S/C16H10Cl2N2O5/c17-9-4-5-13(11(18)8-9)25-7-6-19-15(21)10-2-1-3-12(20(23)24)14(10)16(19)22/h1-5,8H,6-7H2. The van der Waals surface area contributed by atoms with Gasteiger partial charge in [-0.1, -0.05) is 29.3 Å². The Morgan fingerprint density at radius 3 is 2.56 bits per heavy atom. The predicted octanol–water partition coefficient (Wildman–Crippen LogP) is 3.58. The lowest BCUT2D eigenvalue weighted by Crippen LogP contribution is -2.33. The van der Waals surface area contributed by atoms with Gasteiger partial charge in [0.15, 0.2) is 0 Å². The summed E-state index contributed by atoms with van der Waals surface area (Å²) in [6.07, 6.45) is 0. The molecule has 2 aromatic rings. The zero-order chi connectivity index (χ0) is 18.1. The fraction of sp³-hybridized carbons (Fsp3) is 0.125. The van der Waals surface area contributed by atoms with Gasteiger partial charge in [0.1, 0.15) is 17.9 Å². The van der Waals surface area contributed by atoms with Gasteiger partial charge in [-0.15, -0.1) is 0 Å². The Morgan fingerprint density at radius 1 is 1.12 bits per heavy atom. The quantitative estimate of drug-likeness (QED) is 0.449. The Hall–Kier alpha value is -2.64. The molecule has 1 heterocycles. The van der Waals surface area contributed by atoms with E-state index in [-0.39, 0.29) is 30.0 Å². The van der Waals surface area contributed by atoms with Gasteiger partial charge in [-0.25, -0.2) is 0 Å². The van der Waals surface area contributed by atoms with Crippen LogP contribution in [-0.2, 0) is 0 Å². The average molecular weight is 381 g/mol. The molecular formula is C16H10Cl2N2O5. The number of nitro groups is 1. The first kappa shape index (κ1) is 17.2. The van der Waals surface area contributed by atoms with Gasteiger partial charge in [0.25, 0.3) is 17.5 Å². The summed E-state index contributed by atoms with van der Waals surface area (Å²) in [4.78, 5) is 36.0. The molecule has 0 fully saturated rings. The van der Waals surface area contributed by atoms with E-state index < -0.39 is 16.7 Å². The molecule has 2 aromatic carbocycles. The van der Waals surface area contributed by atoms with Crippen molar-refractivity contribution in [3.05, 3.63) is 67.7 Å². The van der Waals surface area contributed by atoms with Crippen LogP contribution < -0.4 is 4.74 Å². The van der Waals surface area contributed by atoms with E-state index in [9.17, 15) is 19.7 Å². The minimum Gasteiger partial charge on any atom is -0.490 e. The lowest BCUT2D eigenvalue weighted by Gasteiger charge is -2.14. The molecule has 0 spiro atoms. The highest BCUT2D eigenvalue weighted by Crippen LogP contribution is 2.31. The number of fused-ring (bicyclic) bond motifs is 1. The normalized spacial score (nSPS) is 13.1. The van der Waals surface area contributed by atoms with Gasteiger partial charge >= 0.3 is 0 Å². The summed E-state index contributed by atoms with van der Waals surface area (Å²) in [6, 6.07) is 8.61. The van der Waals surface area contributed by atoms with E-state index in [0.717, 1.165) is 4.90 Å². The molecule has 0 unspecified atom stereocenters. The van der Waals surface area contributed by atoms with Gasteiger partial charge in [0.05, 0.1) is 22.1 Å². The highest BCUT2D eigenvalue weighted by atomic mass is 35.5. The maximum absolute atomic E-state index is 12.4. The molecule has 9 heteroatoms. The van der Waals surface area contributed by atoms with Crippen LogP contribution in [0.15, 0.2) is 36.4 Å². The second-order valence-electron chi connectivity index (χ2n) is 5.14. The number of carbonyl (C=O) groups is 2. The molecular weight excluding hydrogens is 371 g/mol. The summed E-state index contributed by atoms with van der Waals surface area (Å²) in [6.45, 7) is -0.0803. The van der Waals surface area contributed by atoms with Crippen molar-refractivity contribution >= 4 is 40.7 Å². The number of carbonyl (C=O) groups excluding carboxylic acids is 2. The molecule has 25 heavy (non-hydrogen) atoms. The van der Waals surface area contributed by atoms with E-state index in [4.69, 9.17) is 27.9 Å². The van der Waals surface area contributed by atoms with Crippen molar-refractivity contribution in [3.8, 4) is 5.75 Å². The zero-order valence-corrected chi connectivity index (χ0v) is 14.1. The monoisotopic (exact) mass is 380 g/mol. The molecule has 2 amide bonds. The SMILES string of the molecule is O=C1c2cccc([N+](=O)[O-])c2C(=O)N1CCOc1ccc(Cl)cc1Cl. The van der Waals surface area contributed by atoms with Gasteiger partial charge in [0.2, 0.25) is 0 Å². The number of rotatable bonds is 5. The van der Waals surface area contributed by atoms with E-state index in [1.54, 1.807) is 12.1 Å². The van der Waals surface area contributed by atoms with E-state index >= 15 is 0 Å². The summed E-state index contributed by atoms with van der Waals surface area (Å²) >= 11 is 11.8. The summed E-state index contributed by atoms with van der Waals surface area (Å²) in [5.41, 5.74) is -0.564. The molecule has 0 saturated heterocycles. The van der Waals surface area contributed by atoms with Gasteiger partial charge in [0, 0.05) is 11.1 Å². The zero-order valence-electron chi connectivity index (χ0n) is 12.6. The van der Waals surface area contributed by atoms with Crippen LogP contribution in [0.4, 0.5) is 5.69 Å². The first-order valence-electron chi connectivity index (χ1n) is 7.11. The Morgan fingerprint density at radius 2 is 1.88 bits per heavy atom. The maximum atomic E-state index is 12.4.